The Morgan fingerprint density at radius 3 is 2.70 bits per heavy atom. The van der Waals surface area contributed by atoms with E-state index in [1.54, 1.807) is 6.07 Å². The molecule has 1 aliphatic rings. The topological polar surface area (TPSA) is 63.6 Å². The van der Waals surface area contributed by atoms with Crippen LogP contribution in [0.4, 0.5) is 0 Å². The fraction of sp³-hybridized carbons (Fsp3) is 0.333. The average molecular weight is 292 g/mol. The summed E-state index contributed by atoms with van der Waals surface area (Å²) in [6.07, 6.45) is 0.200. The summed E-state index contributed by atoms with van der Waals surface area (Å²) >= 11 is 0. The number of hydrogen-bond acceptors (Lipinski definition) is 4. The van der Waals surface area contributed by atoms with Crippen molar-refractivity contribution < 1.29 is 18.3 Å². The van der Waals surface area contributed by atoms with E-state index in [2.05, 4.69) is 0 Å². The lowest BCUT2D eigenvalue weighted by atomic mass is 10.0. The Hall–Kier alpha value is -1.59. The fourth-order valence-corrected chi connectivity index (χ4v) is 4.21. The molecule has 1 unspecified atom stereocenters. The van der Waals surface area contributed by atoms with Gasteiger partial charge in [-0.2, -0.15) is 0 Å². The van der Waals surface area contributed by atoms with Gasteiger partial charge < -0.3 is 9.84 Å². The van der Waals surface area contributed by atoms with Gasteiger partial charge in [-0.05, 0) is 23.3 Å². The molecule has 3 rings (SSSR count). The Balaban J connectivity index is 1.96. The number of ether oxygens (including phenoxy) is 1. The van der Waals surface area contributed by atoms with Crippen LogP contribution >= 0.6 is 0 Å². The normalized spacial score (nSPS) is 21.1. The summed E-state index contributed by atoms with van der Waals surface area (Å²) in [7, 11) is -2.97. The van der Waals surface area contributed by atoms with E-state index in [0.717, 1.165) is 10.8 Å². The van der Waals surface area contributed by atoms with Crippen molar-refractivity contribution in [2.24, 2.45) is 0 Å². The minimum absolute atomic E-state index is 0.0602. The Morgan fingerprint density at radius 1 is 1.20 bits per heavy atom. The predicted octanol–water partition coefficient (Wildman–Crippen LogP) is 1.90. The van der Waals surface area contributed by atoms with Gasteiger partial charge in [0.25, 0.3) is 0 Å². The molecule has 5 heteroatoms. The summed E-state index contributed by atoms with van der Waals surface area (Å²) in [6, 6.07) is 11.5. The highest BCUT2D eigenvalue weighted by molar-refractivity contribution is 7.91. The van der Waals surface area contributed by atoms with Crippen molar-refractivity contribution in [3.8, 4) is 5.75 Å². The van der Waals surface area contributed by atoms with Crippen LogP contribution in [-0.4, -0.2) is 31.1 Å². The SMILES string of the molecule is O=S1(=O)CCC(Oc2ccc3ccccc3c2CO)C1. The van der Waals surface area contributed by atoms with Crippen molar-refractivity contribution in [1.29, 1.82) is 0 Å². The summed E-state index contributed by atoms with van der Waals surface area (Å²) in [5.74, 6) is 0.818. The van der Waals surface area contributed by atoms with Gasteiger partial charge in [-0.15, -0.1) is 0 Å². The third-order valence-corrected chi connectivity index (χ3v) is 5.38. The molecule has 1 fully saturated rings. The molecule has 1 aliphatic heterocycles. The third-order valence-electron chi connectivity index (χ3n) is 3.64. The van der Waals surface area contributed by atoms with Gasteiger partial charge in [-0.25, -0.2) is 8.42 Å². The molecule has 20 heavy (non-hydrogen) atoms. The smallest absolute Gasteiger partial charge is 0.154 e. The van der Waals surface area contributed by atoms with Crippen molar-refractivity contribution in [1.82, 2.24) is 0 Å². The number of benzene rings is 2. The van der Waals surface area contributed by atoms with E-state index in [-0.39, 0.29) is 24.2 Å². The summed E-state index contributed by atoms with van der Waals surface area (Å²) in [5, 5.41) is 11.6. The highest BCUT2D eigenvalue weighted by Crippen LogP contribution is 2.30. The van der Waals surface area contributed by atoms with E-state index >= 15 is 0 Å². The number of aliphatic hydroxyl groups excluding tert-OH is 1. The third kappa shape index (κ3) is 2.51. The number of fused-ring (bicyclic) bond motifs is 1. The van der Waals surface area contributed by atoms with Crippen LogP contribution in [0.2, 0.25) is 0 Å². The van der Waals surface area contributed by atoms with Crippen molar-refractivity contribution in [3.05, 3.63) is 42.0 Å². The Kier molecular flexibility index (Phi) is 3.40. The predicted molar refractivity (Wildman–Crippen MR) is 77.6 cm³/mol. The van der Waals surface area contributed by atoms with Crippen molar-refractivity contribution in [3.63, 3.8) is 0 Å². The molecule has 1 atom stereocenters. The molecule has 2 aromatic rings. The molecule has 1 saturated heterocycles. The van der Waals surface area contributed by atoms with E-state index < -0.39 is 9.84 Å². The first-order valence-electron chi connectivity index (χ1n) is 6.57. The summed E-state index contributed by atoms with van der Waals surface area (Å²) in [6.45, 7) is -0.129. The second kappa shape index (κ2) is 5.07. The van der Waals surface area contributed by atoms with Crippen molar-refractivity contribution in [2.45, 2.75) is 19.1 Å². The maximum absolute atomic E-state index is 11.5. The molecule has 0 aliphatic carbocycles. The van der Waals surface area contributed by atoms with E-state index in [1.165, 1.54) is 0 Å². The summed E-state index contributed by atoms with van der Waals surface area (Å²) in [5.41, 5.74) is 0.715. The Bertz CT molecular complexity index is 737. The lowest BCUT2D eigenvalue weighted by molar-refractivity contribution is 0.216. The minimum Gasteiger partial charge on any atom is -0.489 e. The number of hydrogen-bond donors (Lipinski definition) is 1. The first-order valence-corrected chi connectivity index (χ1v) is 8.40. The molecule has 0 saturated carbocycles. The molecular weight excluding hydrogens is 276 g/mol. The van der Waals surface area contributed by atoms with Crippen LogP contribution in [0.25, 0.3) is 10.8 Å². The molecule has 106 valence electrons. The van der Waals surface area contributed by atoms with Crippen LogP contribution in [-0.2, 0) is 16.4 Å². The van der Waals surface area contributed by atoms with E-state index in [1.807, 2.05) is 30.3 Å². The second-order valence-electron chi connectivity index (χ2n) is 5.06. The lowest BCUT2D eigenvalue weighted by Gasteiger charge is -2.16. The second-order valence-corrected chi connectivity index (χ2v) is 7.29. The summed E-state index contributed by atoms with van der Waals surface area (Å²) in [4.78, 5) is 0. The van der Waals surface area contributed by atoms with Gasteiger partial charge in [-0.3, -0.25) is 0 Å². The standard InChI is InChI=1S/C15H16O4S/c16-9-14-13-4-2-1-3-11(13)5-6-15(14)19-12-7-8-20(17,18)10-12/h1-6,12,16H,7-10H2. The monoisotopic (exact) mass is 292 g/mol. The first-order chi connectivity index (χ1) is 9.59. The highest BCUT2D eigenvalue weighted by Gasteiger charge is 2.29. The van der Waals surface area contributed by atoms with Gasteiger partial charge in [0.15, 0.2) is 9.84 Å². The van der Waals surface area contributed by atoms with Crippen LogP contribution in [0.5, 0.6) is 5.75 Å². The largest absolute Gasteiger partial charge is 0.489 e. The van der Waals surface area contributed by atoms with Crippen LogP contribution in [0, 0.1) is 0 Å². The van der Waals surface area contributed by atoms with E-state index in [4.69, 9.17) is 4.74 Å². The number of sulfone groups is 1. The fourth-order valence-electron chi connectivity index (χ4n) is 2.62. The van der Waals surface area contributed by atoms with Gasteiger partial charge in [0.2, 0.25) is 0 Å². The molecule has 0 aromatic heterocycles. The molecular formula is C15H16O4S. The zero-order valence-corrected chi connectivity index (χ0v) is 11.8. The first kappa shape index (κ1) is 13.4. The Morgan fingerprint density at radius 2 is 2.00 bits per heavy atom. The van der Waals surface area contributed by atoms with Gasteiger partial charge in [0.1, 0.15) is 11.9 Å². The molecule has 0 spiro atoms. The van der Waals surface area contributed by atoms with Gasteiger partial charge >= 0.3 is 0 Å². The van der Waals surface area contributed by atoms with Crippen LogP contribution in [0.1, 0.15) is 12.0 Å². The lowest BCUT2D eigenvalue weighted by Crippen LogP contribution is -2.18. The number of rotatable bonds is 3. The molecule has 2 aromatic carbocycles. The molecule has 1 N–H and O–H groups in total. The molecule has 0 bridgehead atoms. The van der Waals surface area contributed by atoms with Crippen LogP contribution in [0.3, 0.4) is 0 Å². The Labute approximate surface area is 117 Å². The molecule has 1 heterocycles. The van der Waals surface area contributed by atoms with Gasteiger partial charge in [0, 0.05) is 5.56 Å². The summed E-state index contributed by atoms with van der Waals surface area (Å²) < 4.78 is 28.7. The van der Waals surface area contributed by atoms with Crippen molar-refractivity contribution >= 4 is 20.6 Å². The van der Waals surface area contributed by atoms with Crippen molar-refractivity contribution in [2.75, 3.05) is 11.5 Å². The van der Waals surface area contributed by atoms with E-state index in [0.29, 0.717) is 17.7 Å². The highest BCUT2D eigenvalue weighted by atomic mass is 32.2. The zero-order valence-electron chi connectivity index (χ0n) is 11.0. The maximum atomic E-state index is 11.5. The zero-order chi connectivity index (χ0) is 14.2. The van der Waals surface area contributed by atoms with Gasteiger partial charge in [0.05, 0.1) is 18.1 Å². The van der Waals surface area contributed by atoms with Gasteiger partial charge in [-0.1, -0.05) is 30.3 Å². The molecule has 0 radical (unpaired) electrons. The van der Waals surface area contributed by atoms with Crippen LogP contribution < -0.4 is 4.74 Å². The number of aliphatic hydroxyl groups is 1. The van der Waals surface area contributed by atoms with E-state index in [9.17, 15) is 13.5 Å². The quantitative estimate of drug-likeness (QED) is 0.938. The van der Waals surface area contributed by atoms with Crippen LogP contribution in [0.15, 0.2) is 36.4 Å². The average Bonchev–Trinajstić information content (AvgIpc) is 2.78. The molecule has 0 amide bonds. The molecule has 4 nitrogen and oxygen atoms in total. The minimum atomic E-state index is -2.97. The maximum Gasteiger partial charge on any atom is 0.154 e.